The number of nitrogens with one attached hydrogen (secondary N) is 1. The fourth-order valence-electron chi connectivity index (χ4n) is 2.30. The van der Waals surface area contributed by atoms with Crippen LogP contribution in [-0.2, 0) is 13.0 Å². The van der Waals surface area contributed by atoms with E-state index in [1.54, 1.807) is 0 Å². The average Bonchev–Trinajstić information content (AvgIpc) is 2.94. The second-order valence-corrected chi connectivity index (χ2v) is 6.70. The molecule has 0 unspecified atom stereocenters. The third-order valence-electron chi connectivity index (χ3n) is 3.52. The Morgan fingerprint density at radius 2 is 2.24 bits per heavy atom. The van der Waals surface area contributed by atoms with Crippen molar-refractivity contribution in [1.29, 1.82) is 0 Å². The smallest absolute Gasteiger partial charge is 0.422 e. The molecule has 2 aromatic rings. The Balaban J connectivity index is 1.62. The molecule has 0 aliphatic carbocycles. The predicted molar refractivity (Wildman–Crippen MR) is 85.9 cm³/mol. The highest BCUT2D eigenvalue weighted by Crippen LogP contribution is 2.28. The maximum absolute atomic E-state index is 12.2. The Bertz CT molecular complexity index is 761. The van der Waals surface area contributed by atoms with Gasteiger partial charge in [-0.2, -0.15) is 13.2 Å². The van der Waals surface area contributed by atoms with E-state index >= 15 is 0 Å². The summed E-state index contributed by atoms with van der Waals surface area (Å²) in [5.74, 6) is -0.615. The summed E-state index contributed by atoms with van der Waals surface area (Å²) in [4.78, 5) is 23.6. The van der Waals surface area contributed by atoms with E-state index in [2.05, 4.69) is 24.9 Å². The van der Waals surface area contributed by atoms with Crippen molar-refractivity contribution < 1.29 is 22.7 Å². The number of likely N-dealkylation sites (N-methyl/N-ethyl adjacent to an activating group) is 1. The fourth-order valence-corrected chi connectivity index (χ4v) is 3.39. The lowest BCUT2D eigenvalue weighted by molar-refractivity contribution is -0.154. The highest BCUT2D eigenvalue weighted by Gasteiger charge is 2.28. The highest BCUT2D eigenvalue weighted by atomic mass is 32.1. The number of halogens is 3. The number of amides is 1. The summed E-state index contributed by atoms with van der Waals surface area (Å²) in [7, 11) is 2.02. The van der Waals surface area contributed by atoms with Gasteiger partial charge in [0.05, 0.1) is 11.3 Å². The third-order valence-corrected chi connectivity index (χ3v) is 4.52. The molecular formula is C15H15F3N4O2S. The average molecular weight is 372 g/mol. The molecule has 0 aromatic carbocycles. The van der Waals surface area contributed by atoms with Crippen LogP contribution in [0.25, 0.3) is 0 Å². The number of anilines is 1. The molecule has 134 valence electrons. The van der Waals surface area contributed by atoms with Crippen LogP contribution in [0.3, 0.4) is 0 Å². The van der Waals surface area contributed by atoms with Crippen molar-refractivity contribution >= 4 is 22.4 Å². The first-order valence-electron chi connectivity index (χ1n) is 7.44. The Hall–Kier alpha value is -2.20. The second-order valence-electron chi connectivity index (χ2n) is 5.62. The molecule has 1 aliphatic rings. The van der Waals surface area contributed by atoms with Crippen LogP contribution < -0.4 is 10.1 Å². The fraction of sp³-hybridized carbons (Fsp3) is 0.400. The second kappa shape index (κ2) is 6.96. The van der Waals surface area contributed by atoms with Crippen LogP contribution >= 0.6 is 11.3 Å². The van der Waals surface area contributed by atoms with E-state index in [-0.39, 0.29) is 11.4 Å². The van der Waals surface area contributed by atoms with Gasteiger partial charge in [-0.05, 0) is 13.1 Å². The number of thiazole rings is 1. The number of pyridine rings is 1. The number of carbonyl (C=O) groups excluding carboxylic acids is 1. The minimum atomic E-state index is -4.43. The molecule has 25 heavy (non-hydrogen) atoms. The van der Waals surface area contributed by atoms with Crippen molar-refractivity contribution in [2.24, 2.45) is 0 Å². The minimum absolute atomic E-state index is 0.193. The first-order chi connectivity index (χ1) is 11.8. The zero-order valence-corrected chi connectivity index (χ0v) is 14.1. The Labute approximate surface area is 145 Å². The summed E-state index contributed by atoms with van der Waals surface area (Å²) in [6.45, 7) is 0.299. The van der Waals surface area contributed by atoms with Gasteiger partial charge in [-0.1, -0.05) is 0 Å². The molecule has 1 N–H and O–H groups in total. The Morgan fingerprint density at radius 3 is 2.92 bits per heavy atom. The number of aromatic nitrogens is 2. The van der Waals surface area contributed by atoms with Crippen molar-refractivity contribution in [2.45, 2.75) is 19.1 Å². The van der Waals surface area contributed by atoms with Crippen LogP contribution in [0.15, 0.2) is 18.3 Å². The molecule has 0 spiro atoms. The molecule has 3 rings (SSSR count). The topological polar surface area (TPSA) is 67.4 Å². The van der Waals surface area contributed by atoms with Crippen molar-refractivity contribution in [1.82, 2.24) is 14.9 Å². The molecule has 1 aliphatic heterocycles. The zero-order chi connectivity index (χ0) is 18.0. The molecule has 3 heterocycles. The molecule has 0 bridgehead atoms. The van der Waals surface area contributed by atoms with E-state index in [4.69, 9.17) is 0 Å². The van der Waals surface area contributed by atoms with Gasteiger partial charge >= 0.3 is 6.18 Å². The van der Waals surface area contributed by atoms with E-state index in [0.717, 1.165) is 30.1 Å². The van der Waals surface area contributed by atoms with Crippen molar-refractivity contribution in [3.8, 4) is 5.88 Å². The summed E-state index contributed by atoms with van der Waals surface area (Å²) in [5.41, 5.74) is 1.21. The number of ether oxygens (including phenoxy) is 1. The number of fused-ring (bicyclic) bond motifs is 1. The monoisotopic (exact) mass is 372 g/mol. The SMILES string of the molecule is CN1CCc2nc(NC(=O)c3ccc(OCC(F)(F)F)nc3)sc2C1. The van der Waals surface area contributed by atoms with Gasteiger partial charge in [0.25, 0.3) is 5.91 Å². The Morgan fingerprint density at radius 1 is 1.44 bits per heavy atom. The molecule has 2 aromatic heterocycles. The molecule has 10 heteroatoms. The molecule has 0 fully saturated rings. The van der Waals surface area contributed by atoms with Crippen molar-refractivity contribution in [3.05, 3.63) is 34.5 Å². The molecular weight excluding hydrogens is 357 g/mol. The van der Waals surface area contributed by atoms with Gasteiger partial charge in [-0.25, -0.2) is 9.97 Å². The van der Waals surface area contributed by atoms with Gasteiger partial charge in [-0.15, -0.1) is 11.3 Å². The van der Waals surface area contributed by atoms with Crippen LogP contribution in [0.4, 0.5) is 18.3 Å². The number of nitrogens with zero attached hydrogens (tertiary/aromatic N) is 3. The number of carbonyl (C=O) groups is 1. The molecule has 0 saturated heterocycles. The molecule has 0 atom stereocenters. The molecule has 1 amide bonds. The van der Waals surface area contributed by atoms with Gasteiger partial charge < -0.3 is 9.64 Å². The molecule has 0 radical (unpaired) electrons. The lowest BCUT2D eigenvalue weighted by atomic mass is 10.2. The standard InChI is InChI=1S/C15H15F3N4O2S/c1-22-5-4-10-11(7-22)25-14(20-10)21-13(23)9-2-3-12(19-6-9)24-8-15(16,17)18/h2-3,6H,4-5,7-8H2,1H3,(H,20,21,23). The van der Waals surface area contributed by atoms with E-state index in [0.29, 0.717) is 5.13 Å². The summed E-state index contributed by atoms with van der Waals surface area (Å²) in [6, 6.07) is 2.58. The summed E-state index contributed by atoms with van der Waals surface area (Å²) >= 11 is 1.42. The van der Waals surface area contributed by atoms with Crippen molar-refractivity contribution in [2.75, 3.05) is 25.5 Å². The summed E-state index contributed by atoms with van der Waals surface area (Å²) in [6.07, 6.45) is -2.43. The first-order valence-corrected chi connectivity index (χ1v) is 8.26. The van der Waals surface area contributed by atoms with Crippen LogP contribution in [0.1, 0.15) is 20.9 Å². The Kier molecular flexibility index (Phi) is 4.91. The normalized spacial score (nSPS) is 14.9. The van der Waals surface area contributed by atoms with E-state index in [1.807, 2.05) is 7.05 Å². The highest BCUT2D eigenvalue weighted by molar-refractivity contribution is 7.15. The van der Waals surface area contributed by atoms with Crippen molar-refractivity contribution in [3.63, 3.8) is 0 Å². The maximum atomic E-state index is 12.2. The number of rotatable bonds is 4. The number of alkyl halides is 3. The largest absolute Gasteiger partial charge is 0.468 e. The van der Waals surface area contributed by atoms with Gasteiger partial charge in [0.15, 0.2) is 11.7 Å². The van der Waals surface area contributed by atoms with Crippen LogP contribution in [-0.4, -0.2) is 47.2 Å². The summed E-state index contributed by atoms with van der Waals surface area (Å²) < 4.78 is 40.8. The van der Waals surface area contributed by atoms with E-state index in [9.17, 15) is 18.0 Å². The van der Waals surface area contributed by atoms with Gasteiger partial charge in [0.2, 0.25) is 5.88 Å². The third kappa shape index (κ3) is 4.67. The van der Waals surface area contributed by atoms with E-state index < -0.39 is 18.7 Å². The zero-order valence-electron chi connectivity index (χ0n) is 13.3. The first kappa shape index (κ1) is 17.6. The van der Waals surface area contributed by atoms with Crippen LogP contribution in [0, 0.1) is 0 Å². The maximum Gasteiger partial charge on any atom is 0.422 e. The number of hydrogen-bond acceptors (Lipinski definition) is 6. The lowest BCUT2D eigenvalue weighted by Crippen LogP contribution is -2.25. The number of hydrogen-bond donors (Lipinski definition) is 1. The van der Waals surface area contributed by atoms with Crippen LogP contribution in [0.2, 0.25) is 0 Å². The van der Waals surface area contributed by atoms with E-state index in [1.165, 1.54) is 29.7 Å². The van der Waals surface area contributed by atoms with Gasteiger partial charge in [0.1, 0.15) is 0 Å². The van der Waals surface area contributed by atoms with Gasteiger partial charge in [-0.3, -0.25) is 10.1 Å². The van der Waals surface area contributed by atoms with Gasteiger partial charge in [0, 0.05) is 36.7 Å². The lowest BCUT2D eigenvalue weighted by Gasteiger charge is -2.20. The summed E-state index contributed by atoms with van der Waals surface area (Å²) in [5, 5.41) is 3.20. The molecule has 0 saturated carbocycles. The quantitative estimate of drug-likeness (QED) is 0.894. The van der Waals surface area contributed by atoms with Crippen LogP contribution in [0.5, 0.6) is 5.88 Å². The molecule has 6 nitrogen and oxygen atoms in total. The minimum Gasteiger partial charge on any atom is -0.468 e. The predicted octanol–water partition coefficient (Wildman–Crippen LogP) is 2.72.